The van der Waals surface area contributed by atoms with E-state index in [1.807, 2.05) is 6.20 Å². The number of hydrogen-bond donors (Lipinski definition) is 1. The van der Waals surface area contributed by atoms with Crippen molar-refractivity contribution in [1.29, 1.82) is 0 Å². The number of urea groups is 1. The molecule has 3 rings (SSSR count). The highest BCUT2D eigenvalue weighted by Crippen LogP contribution is 2.15. The summed E-state index contributed by atoms with van der Waals surface area (Å²) in [4.78, 5) is 17.6. The molecule has 5 nitrogen and oxygen atoms in total. The molecule has 0 radical (unpaired) electrons. The largest absolute Gasteiger partial charge is 0.335 e. The number of likely N-dealkylation sites (tertiary alicyclic amines) is 1. The Bertz CT molecular complexity index is 429. The summed E-state index contributed by atoms with van der Waals surface area (Å²) in [5, 5.41) is 2.78. The second-order valence-electron chi connectivity index (χ2n) is 4.96. The van der Waals surface area contributed by atoms with E-state index >= 15 is 0 Å². The molecule has 0 aliphatic carbocycles. The number of rotatable bonds is 2. The van der Waals surface area contributed by atoms with Crippen LogP contribution in [0.2, 0.25) is 0 Å². The van der Waals surface area contributed by atoms with Crippen LogP contribution in [0.3, 0.4) is 0 Å². The van der Waals surface area contributed by atoms with Crippen molar-refractivity contribution < 1.29 is 9.18 Å². The lowest BCUT2D eigenvalue weighted by molar-refractivity contribution is 0.0896. The third-order valence-corrected chi connectivity index (χ3v) is 3.50. The van der Waals surface area contributed by atoms with Crippen LogP contribution < -0.4 is 5.32 Å². The molecule has 0 aromatic carbocycles. The first-order chi connectivity index (χ1) is 8.72. The van der Waals surface area contributed by atoms with Crippen molar-refractivity contribution >= 4 is 6.03 Å². The fourth-order valence-corrected chi connectivity index (χ4v) is 2.43. The summed E-state index contributed by atoms with van der Waals surface area (Å²) in [5.74, 6) is 1.11. The van der Waals surface area contributed by atoms with E-state index in [1.54, 1.807) is 0 Å². The summed E-state index contributed by atoms with van der Waals surface area (Å²) in [7, 11) is 0. The number of nitrogens with zero attached hydrogens (tertiary/aromatic N) is 3. The summed E-state index contributed by atoms with van der Waals surface area (Å²) in [6.07, 6.45) is 4.55. The van der Waals surface area contributed by atoms with E-state index in [2.05, 4.69) is 14.9 Å². The van der Waals surface area contributed by atoms with Crippen molar-refractivity contribution in [2.45, 2.75) is 38.5 Å². The number of carbonyl (C=O) groups excluding carboxylic acids is 1. The molecule has 2 amide bonds. The number of carbonyl (C=O) groups is 1. The highest BCUT2D eigenvalue weighted by atomic mass is 19.1. The van der Waals surface area contributed by atoms with Crippen LogP contribution in [0.15, 0.2) is 6.20 Å². The van der Waals surface area contributed by atoms with Crippen molar-refractivity contribution in [3.63, 3.8) is 0 Å². The minimum absolute atomic E-state index is 0.199. The lowest BCUT2D eigenvalue weighted by Gasteiger charge is -2.34. The first-order valence-corrected chi connectivity index (χ1v) is 6.44. The summed E-state index contributed by atoms with van der Waals surface area (Å²) in [6, 6.07) is -0.199. The average molecular weight is 252 g/mol. The molecular weight excluding hydrogens is 235 g/mol. The predicted octanol–water partition coefficient (Wildman–Crippen LogP) is 1.08. The maximum absolute atomic E-state index is 12.6. The van der Waals surface area contributed by atoms with Crippen molar-refractivity contribution in [3.05, 3.63) is 17.7 Å². The number of imidazole rings is 1. The topological polar surface area (TPSA) is 50.2 Å². The number of alkyl halides is 1. The number of fused-ring (bicyclic) bond motifs is 1. The molecule has 3 heterocycles. The second-order valence-corrected chi connectivity index (χ2v) is 4.96. The number of aryl methyl sites for hydroxylation is 2. The summed E-state index contributed by atoms with van der Waals surface area (Å²) in [5.41, 5.74) is 0.887. The van der Waals surface area contributed by atoms with Crippen LogP contribution in [-0.2, 0) is 19.5 Å². The molecule has 1 saturated heterocycles. The normalized spacial score (nSPS) is 19.3. The first kappa shape index (κ1) is 11.5. The fourth-order valence-electron chi connectivity index (χ4n) is 2.43. The Morgan fingerprint density at radius 2 is 2.33 bits per heavy atom. The van der Waals surface area contributed by atoms with Gasteiger partial charge in [0.05, 0.1) is 25.3 Å². The van der Waals surface area contributed by atoms with Gasteiger partial charge in [0.15, 0.2) is 0 Å². The number of halogens is 1. The summed E-state index contributed by atoms with van der Waals surface area (Å²) in [6.45, 7) is 1.87. The molecule has 98 valence electrons. The summed E-state index contributed by atoms with van der Waals surface area (Å²) < 4.78 is 14.8. The fraction of sp³-hybridized carbons (Fsp3) is 0.667. The van der Waals surface area contributed by atoms with Gasteiger partial charge in [0.25, 0.3) is 0 Å². The number of hydrogen-bond acceptors (Lipinski definition) is 2. The van der Waals surface area contributed by atoms with Gasteiger partial charge in [-0.2, -0.15) is 0 Å². The van der Waals surface area contributed by atoms with E-state index in [9.17, 15) is 9.18 Å². The Morgan fingerprint density at radius 1 is 1.50 bits per heavy atom. The van der Waals surface area contributed by atoms with Gasteiger partial charge in [-0.15, -0.1) is 0 Å². The Kier molecular flexibility index (Phi) is 2.93. The van der Waals surface area contributed by atoms with Gasteiger partial charge in [0, 0.05) is 19.2 Å². The second kappa shape index (κ2) is 4.59. The molecule has 18 heavy (non-hydrogen) atoms. The molecule has 1 aromatic heterocycles. The highest BCUT2D eigenvalue weighted by Gasteiger charge is 2.30. The lowest BCUT2D eigenvalue weighted by atomic mass is 10.2. The van der Waals surface area contributed by atoms with E-state index in [-0.39, 0.29) is 19.1 Å². The van der Waals surface area contributed by atoms with Crippen LogP contribution in [0, 0.1) is 0 Å². The smallest absolute Gasteiger partial charge is 0.317 e. The van der Waals surface area contributed by atoms with Crippen LogP contribution in [0.1, 0.15) is 24.4 Å². The molecule has 6 heteroatoms. The molecule has 1 N–H and O–H groups in total. The number of aromatic nitrogens is 2. The van der Waals surface area contributed by atoms with E-state index in [1.165, 1.54) is 17.7 Å². The zero-order chi connectivity index (χ0) is 12.5. The molecule has 0 saturated carbocycles. The number of nitrogens with one attached hydrogen (secondary N) is 1. The Morgan fingerprint density at radius 3 is 3.06 bits per heavy atom. The minimum Gasteiger partial charge on any atom is -0.335 e. The van der Waals surface area contributed by atoms with Gasteiger partial charge < -0.3 is 14.8 Å². The van der Waals surface area contributed by atoms with E-state index in [0.29, 0.717) is 6.54 Å². The zero-order valence-electron chi connectivity index (χ0n) is 10.2. The Hall–Kier alpha value is -1.59. The minimum atomic E-state index is -0.851. The molecule has 2 aliphatic heterocycles. The van der Waals surface area contributed by atoms with Crippen LogP contribution in [0.25, 0.3) is 0 Å². The van der Waals surface area contributed by atoms with Gasteiger partial charge >= 0.3 is 6.03 Å². The maximum Gasteiger partial charge on any atom is 0.317 e. The van der Waals surface area contributed by atoms with Crippen LogP contribution in [0.5, 0.6) is 0 Å². The van der Waals surface area contributed by atoms with Crippen molar-refractivity contribution in [1.82, 2.24) is 19.8 Å². The van der Waals surface area contributed by atoms with Crippen molar-refractivity contribution in [2.24, 2.45) is 0 Å². The zero-order valence-corrected chi connectivity index (χ0v) is 10.2. The maximum atomic E-state index is 12.6. The lowest BCUT2D eigenvalue weighted by Crippen LogP contribution is -2.54. The third-order valence-electron chi connectivity index (χ3n) is 3.50. The number of amides is 2. The van der Waals surface area contributed by atoms with Gasteiger partial charge in [-0.3, -0.25) is 0 Å². The van der Waals surface area contributed by atoms with Crippen LogP contribution >= 0.6 is 0 Å². The summed E-state index contributed by atoms with van der Waals surface area (Å²) >= 11 is 0. The third kappa shape index (κ3) is 2.19. The molecule has 2 aliphatic rings. The van der Waals surface area contributed by atoms with E-state index in [0.717, 1.165) is 24.5 Å². The highest BCUT2D eigenvalue weighted by molar-refractivity contribution is 5.75. The standard InChI is InChI=1S/C12H17FN4O/c13-9-6-17(7-9)12(18)14-5-10-8-16-4-2-1-3-11(16)15-10/h8-9H,1-7H2,(H,14,18). The molecule has 0 atom stereocenters. The van der Waals surface area contributed by atoms with Crippen LogP contribution in [0.4, 0.5) is 9.18 Å². The first-order valence-electron chi connectivity index (χ1n) is 6.44. The van der Waals surface area contributed by atoms with Gasteiger partial charge in [-0.05, 0) is 12.8 Å². The Labute approximate surface area is 105 Å². The molecular formula is C12H17FN4O. The van der Waals surface area contributed by atoms with Crippen LogP contribution in [-0.4, -0.2) is 39.7 Å². The Balaban J connectivity index is 1.53. The monoisotopic (exact) mass is 252 g/mol. The SMILES string of the molecule is O=C(NCc1cn2c(n1)CCCC2)N1CC(F)C1. The molecule has 1 aromatic rings. The molecule has 0 unspecified atom stereocenters. The van der Waals surface area contributed by atoms with Gasteiger partial charge in [0.1, 0.15) is 12.0 Å². The molecule has 1 fully saturated rings. The van der Waals surface area contributed by atoms with Gasteiger partial charge in [-0.1, -0.05) is 0 Å². The quantitative estimate of drug-likeness (QED) is 0.856. The van der Waals surface area contributed by atoms with Gasteiger partial charge in [0.2, 0.25) is 0 Å². The van der Waals surface area contributed by atoms with Crippen molar-refractivity contribution in [2.75, 3.05) is 13.1 Å². The van der Waals surface area contributed by atoms with Gasteiger partial charge in [-0.25, -0.2) is 14.2 Å². The average Bonchev–Trinajstić information content (AvgIpc) is 2.74. The molecule has 0 spiro atoms. The van der Waals surface area contributed by atoms with Crippen molar-refractivity contribution in [3.8, 4) is 0 Å². The van der Waals surface area contributed by atoms with E-state index in [4.69, 9.17) is 0 Å². The van der Waals surface area contributed by atoms with E-state index < -0.39 is 6.17 Å². The molecule has 0 bridgehead atoms. The predicted molar refractivity (Wildman–Crippen MR) is 63.9 cm³/mol.